The molecule has 0 radical (unpaired) electrons. The minimum atomic E-state index is -0.989. The third-order valence-electron chi connectivity index (χ3n) is 4.37. The molecule has 2 N–H and O–H groups in total. The number of aromatic nitrogens is 1. The molecule has 0 spiro atoms. The van der Waals surface area contributed by atoms with E-state index in [0.29, 0.717) is 29.2 Å². The lowest BCUT2D eigenvalue weighted by molar-refractivity contribution is -0.116. The SMILES string of the molecule is N#Cc1ccc2c(c1)C(c1ccc3c(n1)CN(C(=O)O)C3)C(=O)N2. The van der Waals surface area contributed by atoms with E-state index in [1.54, 1.807) is 24.3 Å². The fourth-order valence-corrected chi connectivity index (χ4v) is 3.19. The second-order valence-corrected chi connectivity index (χ2v) is 5.82. The van der Waals surface area contributed by atoms with Crippen molar-refractivity contribution in [2.75, 3.05) is 5.32 Å². The molecule has 118 valence electrons. The Labute approximate surface area is 137 Å². The Hall–Kier alpha value is -3.40. The summed E-state index contributed by atoms with van der Waals surface area (Å²) in [4.78, 5) is 29.3. The van der Waals surface area contributed by atoms with Gasteiger partial charge in [0, 0.05) is 5.69 Å². The van der Waals surface area contributed by atoms with Crippen LogP contribution < -0.4 is 5.32 Å². The third-order valence-corrected chi connectivity index (χ3v) is 4.37. The molecule has 1 aromatic carbocycles. The fraction of sp³-hybridized carbons (Fsp3) is 0.176. The number of hydrogen-bond donors (Lipinski definition) is 2. The number of carbonyl (C=O) groups is 2. The zero-order valence-corrected chi connectivity index (χ0v) is 12.5. The van der Waals surface area contributed by atoms with Crippen molar-refractivity contribution in [1.82, 2.24) is 9.88 Å². The molecule has 0 saturated heterocycles. The van der Waals surface area contributed by atoms with Gasteiger partial charge in [0.15, 0.2) is 0 Å². The number of pyridine rings is 1. The summed E-state index contributed by atoms with van der Waals surface area (Å²) in [5, 5.41) is 21.0. The van der Waals surface area contributed by atoms with Gasteiger partial charge in [0.1, 0.15) is 5.92 Å². The van der Waals surface area contributed by atoms with Gasteiger partial charge in [-0.15, -0.1) is 0 Å². The highest BCUT2D eigenvalue weighted by molar-refractivity contribution is 6.04. The van der Waals surface area contributed by atoms with Crippen molar-refractivity contribution in [1.29, 1.82) is 5.26 Å². The molecular formula is C17H12N4O3. The number of nitriles is 1. The van der Waals surface area contributed by atoms with Crippen molar-refractivity contribution in [3.63, 3.8) is 0 Å². The van der Waals surface area contributed by atoms with Crippen LogP contribution in [0, 0.1) is 11.3 Å². The lowest BCUT2D eigenvalue weighted by Gasteiger charge is -2.10. The molecule has 4 rings (SSSR count). The number of carboxylic acid groups (broad SMARTS) is 1. The molecule has 7 heteroatoms. The fourth-order valence-electron chi connectivity index (χ4n) is 3.19. The van der Waals surface area contributed by atoms with Crippen LogP contribution >= 0.6 is 0 Å². The molecule has 2 aliphatic rings. The Morgan fingerprint density at radius 2 is 2.17 bits per heavy atom. The Balaban J connectivity index is 1.74. The quantitative estimate of drug-likeness (QED) is 0.836. The van der Waals surface area contributed by atoms with Crippen molar-refractivity contribution in [3.05, 3.63) is 58.4 Å². The maximum atomic E-state index is 12.4. The van der Waals surface area contributed by atoms with E-state index < -0.39 is 12.0 Å². The number of amides is 2. The molecule has 2 aromatic rings. The van der Waals surface area contributed by atoms with Crippen LogP contribution in [0.2, 0.25) is 0 Å². The van der Waals surface area contributed by atoms with Gasteiger partial charge in [-0.3, -0.25) is 14.7 Å². The summed E-state index contributed by atoms with van der Waals surface area (Å²) >= 11 is 0. The van der Waals surface area contributed by atoms with Gasteiger partial charge < -0.3 is 10.4 Å². The average molecular weight is 320 g/mol. The number of fused-ring (bicyclic) bond motifs is 2. The minimum Gasteiger partial charge on any atom is -0.465 e. The van der Waals surface area contributed by atoms with E-state index in [9.17, 15) is 9.59 Å². The van der Waals surface area contributed by atoms with Gasteiger partial charge >= 0.3 is 6.09 Å². The molecular weight excluding hydrogens is 308 g/mol. The van der Waals surface area contributed by atoms with E-state index >= 15 is 0 Å². The van der Waals surface area contributed by atoms with E-state index in [1.165, 1.54) is 4.90 Å². The Bertz CT molecular complexity index is 932. The van der Waals surface area contributed by atoms with Gasteiger partial charge in [-0.1, -0.05) is 6.07 Å². The lowest BCUT2D eigenvalue weighted by atomic mass is 9.94. The standard InChI is InChI=1S/C17H12N4O3/c18-6-9-1-3-12-11(5-9)15(16(22)20-12)13-4-2-10-7-21(17(23)24)8-14(10)19-13/h1-5,15H,7-8H2,(H,20,22)(H,23,24). The third kappa shape index (κ3) is 2.08. The number of hydrogen-bond acceptors (Lipinski definition) is 4. The number of nitrogens with one attached hydrogen (secondary N) is 1. The first kappa shape index (κ1) is 14.2. The predicted molar refractivity (Wildman–Crippen MR) is 83.1 cm³/mol. The first-order chi connectivity index (χ1) is 11.6. The zero-order chi connectivity index (χ0) is 16.8. The molecule has 1 unspecified atom stereocenters. The summed E-state index contributed by atoms with van der Waals surface area (Å²) in [5.41, 5.74) is 3.97. The van der Waals surface area contributed by atoms with E-state index in [0.717, 1.165) is 11.1 Å². The summed E-state index contributed by atoms with van der Waals surface area (Å²) in [6.45, 7) is 0.530. The first-order valence-corrected chi connectivity index (χ1v) is 7.38. The van der Waals surface area contributed by atoms with Crippen LogP contribution in [0.4, 0.5) is 10.5 Å². The van der Waals surface area contributed by atoms with Gasteiger partial charge in [0.2, 0.25) is 5.91 Å². The van der Waals surface area contributed by atoms with Gasteiger partial charge in [-0.05, 0) is 35.4 Å². The highest BCUT2D eigenvalue weighted by Gasteiger charge is 2.34. The van der Waals surface area contributed by atoms with Crippen LogP contribution in [0.3, 0.4) is 0 Å². The molecule has 0 fully saturated rings. The Morgan fingerprint density at radius 3 is 2.92 bits per heavy atom. The molecule has 0 aliphatic carbocycles. The van der Waals surface area contributed by atoms with Crippen molar-refractivity contribution >= 4 is 17.7 Å². The zero-order valence-electron chi connectivity index (χ0n) is 12.5. The number of nitrogens with zero attached hydrogens (tertiary/aromatic N) is 3. The Morgan fingerprint density at radius 1 is 1.33 bits per heavy atom. The first-order valence-electron chi connectivity index (χ1n) is 7.38. The molecule has 2 amide bonds. The molecule has 1 aromatic heterocycles. The van der Waals surface area contributed by atoms with Gasteiger partial charge in [0.25, 0.3) is 0 Å². The second kappa shape index (κ2) is 5.06. The summed E-state index contributed by atoms with van der Waals surface area (Å²) in [6.07, 6.45) is -0.989. The maximum absolute atomic E-state index is 12.4. The second-order valence-electron chi connectivity index (χ2n) is 5.82. The molecule has 0 saturated carbocycles. The van der Waals surface area contributed by atoms with Crippen molar-refractivity contribution in [2.45, 2.75) is 19.0 Å². The number of anilines is 1. The van der Waals surface area contributed by atoms with Crippen LogP contribution in [-0.4, -0.2) is 27.0 Å². The lowest BCUT2D eigenvalue weighted by Crippen LogP contribution is -2.22. The van der Waals surface area contributed by atoms with E-state index in [-0.39, 0.29) is 12.5 Å². The number of rotatable bonds is 1. The van der Waals surface area contributed by atoms with Crippen LogP contribution in [0.15, 0.2) is 30.3 Å². The topological polar surface area (TPSA) is 106 Å². The monoisotopic (exact) mass is 320 g/mol. The van der Waals surface area contributed by atoms with Crippen LogP contribution in [0.5, 0.6) is 0 Å². The molecule has 24 heavy (non-hydrogen) atoms. The van der Waals surface area contributed by atoms with E-state index in [2.05, 4.69) is 16.4 Å². The summed E-state index contributed by atoms with van der Waals surface area (Å²) in [5.74, 6) is -0.780. The van der Waals surface area contributed by atoms with Gasteiger partial charge in [0.05, 0.1) is 36.1 Å². The summed E-state index contributed by atoms with van der Waals surface area (Å²) in [7, 11) is 0. The molecule has 3 heterocycles. The molecule has 0 bridgehead atoms. The number of carbonyl (C=O) groups excluding carboxylic acids is 1. The van der Waals surface area contributed by atoms with Crippen LogP contribution in [0.25, 0.3) is 0 Å². The Kier molecular flexibility index (Phi) is 3.00. The summed E-state index contributed by atoms with van der Waals surface area (Å²) in [6, 6.07) is 10.7. The van der Waals surface area contributed by atoms with Crippen molar-refractivity contribution in [2.24, 2.45) is 0 Å². The highest BCUT2D eigenvalue weighted by Crippen LogP contribution is 2.37. The van der Waals surface area contributed by atoms with E-state index in [4.69, 9.17) is 10.4 Å². The van der Waals surface area contributed by atoms with Crippen LogP contribution in [0.1, 0.15) is 34.0 Å². The molecule has 2 aliphatic heterocycles. The maximum Gasteiger partial charge on any atom is 0.407 e. The molecule has 7 nitrogen and oxygen atoms in total. The van der Waals surface area contributed by atoms with Gasteiger partial charge in [-0.2, -0.15) is 5.26 Å². The normalized spacial score (nSPS) is 17.9. The number of benzene rings is 1. The minimum absolute atomic E-state index is 0.194. The largest absolute Gasteiger partial charge is 0.465 e. The highest BCUT2D eigenvalue weighted by atomic mass is 16.4. The average Bonchev–Trinajstić information content (AvgIpc) is 3.13. The molecule has 1 atom stereocenters. The van der Waals surface area contributed by atoms with E-state index in [1.807, 2.05) is 6.07 Å². The summed E-state index contributed by atoms with van der Waals surface area (Å²) < 4.78 is 0. The van der Waals surface area contributed by atoms with Crippen molar-refractivity contribution < 1.29 is 14.7 Å². The van der Waals surface area contributed by atoms with Crippen molar-refractivity contribution in [3.8, 4) is 6.07 Å². The smallest absolute Gasteiger partial charge is 0.407 e. The van der Waals surface area contributed by atoms with Gasteiger partial charge in [-0.25, -0.2) is 4.79 Å². The predicted octanol–water partition coefficient (Wildman–Crippen LogP) is 2.03. The van der Waals surface area contributed by atoms with Crippen LogP contribution in [-0.2, 0) is 17.9 Å².